The van der Waals surface area contributed by atoms with Gasteiger partial charge in [0, 0.05) is 25.7 Å². The molecule has 134 valence electrons. The minimum absolute atomic E-state index is 0.192. The average molecular weight is 339 g/mol. The van der Waals surface area contributed by atoms with Crippen LogP contribution in [0.2, 0.25) is 0 Å². The summed E-state index contributed by atoms with van der Waals surface area (Å²) in [5.74, 6) is 2.81. The number of hydrogen-bond donors (Lipinski definition) is 1. The first-order valence-electron chi connectivity index (χ1n) is 10.0. The number of benzene rings is 1. The van der Waals surface area contributed by atoms with E-state index in [2.05, 4.69) is 46.4 Å². The predicted octanol–water partition coefficient (Wildman–Crippen LogP) is 2.70. The summed E-state index contributed by atoms with van der Waals surface area (Å²) in [6.07, 6.45) is 4.78. The molecule has 2 aliphatic heterocycles. The van der Waals surface area contributed by atoms with Crippen LogP contribution in [0.1, 0.15) is 36.3 Å². The lowest BCUT2D eigenvalue weighted by Gasteiger charge is -2.46. The molecule has 4 aliphatic rings. The summed E-state index contributed by atoms with van der Waals surface area (Å²) >= 11 is 0. The van der Waals surface area contributed by atoms with E-state index in [1.807, 2.05) is 0 Å². The predicted molar refractivity (Wildman–Crippen MR) is 98.6 cm³/mol. The van der Waals surface area contributed by atoms with Crippen LogP contribution in [0.15, 0.2) is 24.3 Å². The maximum Gasteiger partial charge on any atom is 0.317 e. The second kappa shape index (κ2) is 6.01. The lowest BCUT2D eigenvalue weighted by molar-refractivity contribution is 0.0533. The molecule has 25 heavy (non-hydrogen) atoms. The number of urea groups is 1. The SMILES string of the molecule is CN1CC[C@@H]2[C@H](CCCN2C(=O)NC[C@@H]2[C@H]3Cc4ccccc4[C@@H]23)C1. The molecule has 2 amide bonds. The van der Waals surface area contributed by atoms with Crippen molar-refractivity contribution < 1.29 is 4.79 Å². The number of nitrogens with one attached hydrogen (secondary N) is 1. The Bertz CT molecular complexity index is 675. The molecule has 4 heteroatoms. The van der Waals surface area contributed by atoms with Gasteiger partial charge in [0.2, 0.25) is 0 Å². The molecule has 2 aliphatic carbocycles. The van der Waals surface area contributed by atoms with Crippen molar-refractivity contribution in [2.45, 2.75) is 37.6 Å². The number of carbonyl (C=O) groups is 1. The Morgan fingerprint density at radius 1 is 1.24 bits per heavy atom. The van der Waals surface area contributed by atoms with Crippen LogP contribution in [-0.2, 0) is 6.42 Å². The maximum atomic E-state index is 12.8. The largest absolute Gasteiger partial charge is 0.338 e. The summed E-state index contributed by atoms with van der Waals surface area (Å²) in [7, 11) is 2.21. The molecule has 5 rings (SSSR count). The zero-order valence-corrected chi connectivity index (χ0v) is 15.2. The van der Waals surface area contributed by atoms with Gasteiger partial charge in [0.25, 0.3) is 0 Å². The van der Waals surface area contributed by atoms with Gasteiger partial charge in [-0.05, 0) is 74.1 Å². The topological polar surface area (TPSA) is 35.6 Å². The van der Waals surface area contributed by atoms with Crippen molar-refractivity contribution in [1.29, 1.82) is 0 Å². The van der Waals surface area contributed by atoms with Gasteiger partial charge in [-0.15, -0.1) is 0 Å². The Morgan fingerprint density at radius 3 is 3.04 bits per heavy atom. The highest BCUT2D eigenvalue weighted by Crippen LogP contribution is 2.60. The zero-order valence-electron chi connectivity index (χ0n) is 15.2. The number of piperidine rings is 2. The third kappa shape index (κ3) is 2.66. The van der Waals surface area contributed by atoms with Crippen molar-refractivity contribution in [3.8, 4) is 0 Å². The second-order valence-corrected chi connectivity index (χ2v) is 8.66. The fraction of sp³-hybridized carbons (Fsp3) is 0.667. The number of hydrogen-bond acceptors (Lipinski definition) is 2. The van der Waals surface area contributed by atoms with Crippen LogP contribution in [0.25, 0.3) is 0 Å². The van der Waals surface area contributed by atoms with E-state index in [9.17, 15) is 4.79 Å². The highest BCUT2D eigenvalue weighted by molar-refractivity contribution is 5.75. The smallest absolute Gasteiger partial charge is 0.317 e. The molecule has 3 fully saturated rings. The van der Waals surface area contributed by atoms with Gasteiger partial charge in [0.05, 0.1) is 0 Å². The normalized spacial score (nSPS) is 36.4. The molecule has 2 saturated heterocycles. The summed E-state index contributed by atoms with van der Waals surface area (Å²) in [6.45, 7) is 4.07. The molecule has 1 N–H and O–H groups in total. The van der Waals surface area contributed by atoms with E-state index >= 15 is 0 Å². The van der Waals surface area contributed by atoms with E-state index in [0.717, 1.165) is 44.9 Å². The Balaban J connectivity index is 1.18. The standard InChI is InChI=1S/C21H29N3O/c1-23-10-8-19-15(13-23)6-4-9-24(19)21(25)22-12-18-17-11-14-5-2-3-7-16(14)20(17)18/h2-3,5,7,15,17-20H,4,6,8-13H2,1H3,(H,22,25)/t15-,17-,18-,19-,20-/m1/s1. The molecule has 2 heterocycles. The molecule has 1 saturated carbocycles. The molecule has 0 radical (unpaired) electrons. The van der Waals surface area contributed by atoms with Gasteiger partial charge in [-0.25, -0.2) is 4.79 Å². The van der Waals surface area contributed by atoms with Crippen LogP contribution in [0.3, 0.4) is 0 Å². The molecular weight excluding hydrogens is 310 g/mol. The van der Waals surface area contributed by atoms with Gasteiger partial charge in [-0.2, -0.15) is 0 Å². The van der Waals surface area contributed by atoms with Crippen molar-refractivity contribution >= 4 is 6.03 Å². The Hall–Kier alpha value is -1.55. The van der Waals surface area contributed by atoms with Crippen molar-refractivity contribution in [3.05, 3.63) is 35.4 Å². The summed E-state index contributed by atoms with van der Waals surface area (Å²) < 4.78 is 0. The average Bonchev–Trinajstić information content (AvgIpc) is 3.17. The quantitative estimate of drug-likeness (QED) is 0.899. The van der Waals surface area contributed by atoms with Crippen LogP contribution in [0.5, 0.6) is 0 Å². The highest BCUT2D eigenvalue weighted by atomic mass is 16.2. The molecule has 1 aromatic carbocycles. The number of nitrogens with zero attached hydrogens (tertiary/aromatic N) is 2. The third-order valence-corrected chi connectivity index (χ3v) is 7.22. The number of amides is 2. The van der Waals surface area contributed by atoms with E-state index in [0.29, 0.717) is 23.8 Å². The first-order chi connectivity index (χ1) is 12.2. The van der Waals surface area contributed by atoms with Gasteiger partial charge in [-0.1, -0.05) is 24.3 Å². The number of fused-ring (bicyclic) bond motifs is 4. The first kappa shape index (κ1) is 15.7. The van der Waals surface area contributed by atoms with Crippen molar-refractivity contribution in [2.75, 3.05) is 33.2 Å². The van der Waals surface area contributed by atoms with Gasteiger partial charge >= 0.3 is 6.03 Å². The van der Waals surface area contributed by atoms with E-state index in [4.69, 9.17) is 0 Å². The highest BCUT2D eigenvalue weighted by Gasteiger charge is 2.55. The Labute approximate surface area is 150 Å². The van der Waals surface area contributed by atoms with Crippen molar-refractivity contribution in [3.63, 3.8) is 0 Å². The van der Waals surface area contributed by atoms with Crippen LogP contribution in [0.4, 0.5) is 4.79 Å². The number of likely N-dealkylation sites (tertiary alicyclic amines) is 2. The van der Waals surface area contributed by atoms with Crippen LogP contribution in [0, 0.1) is 17.8 Å². The second-order valence-electron chi connectivity index (χ2n) is 8.66. The molecule has 0 aromatic heterocycles. The minimum atomic E-state index is 0.192. The molecule has 5 atom stereocenters. The summed E-state index contributed by atoms with van der Waals surface area (Å²) in [5.41, 5.74) is 3.07. The minimum Gasteiger partial charge on any atom is -0.338 e. The fourth-order valence-corrected chi connectivity index (χ4v) is 5.91. The number of carbonyl (C=O) groups excluding carboxylic acids is 1. The Morgan fingerprint density at radius 2 is 2.12 bits per heavy atom. The molecule has 4 nitrogen and oxygen atoms in total. The molecule has 0 bridgehead atoms. The van der Waals surface area contributed by atoms with Gasteiger partial charge < -0.3 is 15.1 Å². The van der Waals surface area contributed by atoms with Gasteiger partial charge in [0.15, 0.2) is 0 Å². The van der Waals surface area contributed by atoms with E-state index in [-0.39, 0.29) is 6.03 Å². The Kier molecular flexibility index (Phi) is 3.77. The van der Waals surface area contributed by atoms with Crippen LogP contribution < -0.4 is 5.32 Å². The number of rotatable bonds is 2. The van der Waals surface area contributed by atoms with Gasteiger partial charge in [0.1, 0.15) is 0 Å². The summed E-state index contributed by atoms with van der Waals surface area (Å²) in [5, 5.41) is 3.29. The monoisotopic (exact) mass is 339 g/mol. The van der Waals surface area contributed by atoms with E-state index in [1.165, 1.54) is 18.4 Å². The van der Waals surface area contributed by atoms with E-state index < -0.39 is 0 Å². The van der Waals surface area contributed by atoms with Crippen LogP contribution in [-0.4, -0.2) is 55.1 Å². The summed E-state index contributed by atoms with van der Waals surface area (Å²) in [6, 6.07) is 9.51. The summed E-state index contributed by atoms with van der Waals surface area (Å²) in [4.78, 5) is 17.4. The van der Waals surface area contributed by atoms with E-state index in [1.54, 1.807) is 5.56 Å². The zero-order chi connectivity index (χ0) is 17.0. The first-order valence-corrected chi connectivity index (χ1v) is 10.0. The lowest BCUT2D eigenvalue weighted by atomic mass is 9.84. The maximum absolute atomic E-state index is 12.8. The molecule has 0 unspecified atom stereocenters. The molecule has 1 aromatic rings. The van der Waals surface area contributed by atoms with Gasteiger partial charge in [-0.3, -0.25) is 0 Å². The van der Waals surface area contributed by atoms with Crippen molar-refractivity contribution in [1.82, 2.24) is 15.1 Å². The van der Waals surface area contributed by atoms with Crippen molar-refractivity contribution in [2.24, 2.45) is 17.8 Å². The lowest BCUT2D eigenvalue weighted by Crippen LogP contribution is -2.57. The van der Waals surface area contributed by atoms with Crippen LogP contribution >= 0.6 is 0 Å². The molecular formula is C21H29N3O. The molecule has 0 spiro atoms. The third-order valence-electron chi connectivity index (χ3n) is 7.22. The fourth-order valence-electron chi connectivity index (χ4n) is 5.91.